The molecule has 0 bridgehead atoms. The van der Waals surface area contributed by atoms with E-state index in [0.717, 1.165) is 18.5 Å². The number of nitrogens with one attached hydrogen (secondary N) is 1. The smallest absolute Gasteiger partial charge is 0.223 e. The highest BCUT2D eigenvalue weighted by molar-refractivity contribution is 7.99. The van der Waals surface area contributed by atoms with Crippen LogP contribution < -0.4 is 5.32 Å². The topological polar surface area (TPSA) is 37.8 Å². The molecule has 1 aromatic heterocycles. The van der Waals surface area contributed by atoms with Crippen LogP contribution in [0.4, 0.5) is 5.69 Å². The molecule has 0 saturated carbocycles. The minimum absolute atomic E-state index is 0.185. The molecular weight excluding hydrogens is 253 g/mol. The highest BCUT2D eigenvalue weighted by atomic mass is 35.5. The highest BCUT2D eigenvalue weighted by Crippen LogP contribution is 2.24. The molecule has 2 heterocycles. The largest absolute Gasteiger partial charge is 0.379 e. The number of halogens is 2. The summed E-state index contributed by atoms with van der Waals surface area (Å²) < 4.78 is 0. The number of thioether (sulfide) groups is 1. The van der Waals surface area contributed by atoms with Gasteiger partial charge in [-0.15, -0.1) is 0 Å². The minimum atomic E-state index is 0.185. The first kappa shape index (κ1) is 11.3. The summed E-state index contributed by atoms with van der Waals surface area (Å²) in [6.45, 7) is 0. The van der Waals surface area contributed by atoms with Gasteiger partial charge in [-0.25, -0.2) is 9.97 Å². The maximum Gasteiger partial charge on any atom is 0.223 e. The Morgan fingerprint density at radius 1 is 1.33 bits per heavy atom. The molecule has 2 rings (SSSR count). The molecule has 1 aliphatic rings. The molecule has 0 unspecified atom stereocenters. The maximum atomic E-state index is 5.95. The Bertz CT molecular complexity index is 342. The van der Waals surface area contributed by atoms with Gasteiger partial charge in [-0.05, 0) is 35.9 Å². The quantitative estimate of drug-likeness (QED) is 0.658. The van der Waals surface area contributed by atoms with Gasteiger partial charge in [0.05, 0.1) is 11.9 Å². The average Bonchev–Trinajstić information content (AvgIpc) is 2.24. The van der Waals surface area contributed by atoms with Crippen molar-refractivity contribution >= 4 is 40.7 Å². The van der Waals surface area contributed by atoms with Crippen molar-refractivity contribution < 1.29 is 0 Å². The Labute approximate surface area is 103 Å². The molecule has 0 atom stereocenters. The third-order valence-electron chi connectivity index (χ3n) is 2.29. The molecule has 0 aromatic carbocycles. The van der Waals surface area contributed by atoms with E-state index in [1.165, 1.54) is 11.5 Å². The van der Waals surface area contributed by atoms with Crippen molar-refractivity contribution in [1.82, 2.24) is 9.97 Å². The Morgan fingerprint density at radius 3 is 2.73 bits per heavy atom. The van der Waals surface area contributed by atoms with Gasteiger partial charge in [0.25, 0.3) is 0 Å². The second kappa shape index (κ2) is 5.23. The summed E-state index contributed by atoms with van der Waals surface area (Å²) in [5, 5.41) is 3.93. The summed E-state index contributed by atoms with van der Waals surface area (Å²) >= 11 is 13.6. The number of hydrogen-bond donors (Lipinski definition) is 1. The Hall–Kier alpha value is -0.190. The van der Waals surface area contributed by atoms with Crippen molar-refractivity contribution in [1.29, 1.82) is 0 Å². The van der Waals surface area contributed by atoms with E-state index in [1.807, 2.05) is 11.8 Å². The van der Waals surface area contributed by atoms with E-state index in [9.17, 15) is 0 Å². The van der Waals surface area contributed by atoms with Crippen molar-refractivity contribution in [3.8, 4) is 0 Å². The van der Waals surface area contributed by atoms with Crippen molar-refractivity contribution in [2.45, 2.75) is 18.9 Å². The summed E-state index contributed by atoms with van der Waals surface area (Å²) in [6, 6.07) is 0.480. The van der Waals surface area contributed by atoms with Crippen LogP contribution >= 0.6 is 35.0 Å². The molecule has 1 fully saturated rings. The molecule has 82 valence electrons. The summed E-state index contributed by atoms with van der Waals surface area (Å²) in [4.78, 5) is 7.80. The van der Waals surface area contributed by atoms with Crippen molar-refractivity contribution in [2.75, 3.05) is 16.8 Å². The number of nitrogens with zero attached hydrogens (tertiary/aromatic N) is 2. The predicted molar refractivity (Wildman–Crippen MR) is 66.0 cm³/mol. The van der Waals surface area contributed by atoms with Gasteiger partial charge in [0.1, 0.15) is 0 Å². The van der Waals surface area contributed by atoms with Crippen molar-refractivity contribution in [3.05, 3.63) is 16.6 Å². The third kappa shape index (κ3) is 3.13. The fourth-order valence-corrected chi connectivity index (χ4v) is 2.97. The predicted octanol–water partition coefficient (Wildman–Crippen LogP) is 3.09. The van der Waals surface area contributed by atoms with Gasteiger partial charge in [0, 0.05) is 6.04 Å². The molecule has 0 radical (unpaired) electrons. The van der Waals surface area contributed by atoms with Gasteiger partial charge in [-0.2, -0.15) is 11.8 Å². The lowest BCUT2D eigenvalue weighted by Gasteiger charge is -2.23. The first-order valence-corrected chi connectivity index (χ1v) is 6.69. The number of rotatable bonds is 2. The highest BCUT2D eigenvalue weighted by Gasteiger charge is 2.15. The third-order valence-corrected chi connectivity index (χ3v) is 3.81. The van der Waals surface area contributed by atoms with Gasteiger partial charge in [-0.3, -0.25) is 0 Å². The minimum Gasteiger partial charge on any atom is -0.379 e. The van der Waals surface area contributed by atoms with Gasteiger partial charge < -0.3 is 5.32 Å². The molecule has 3 nitrogen and oxygen atoms in total. The fraction of sp³-hybridized carbons (Fsp3) is 0.556. The van der Waals surface area contributed by atoms with Crippen LogP contribution in [0.3, 0.4) is 0 Å². The monoisotopic (exact) mass is 263 g/mol. The molecule has 1 aromatic rings. The Kier molecular flexibility index (Phi) is 3.94. The molecule has 6 heteroatoms. The van der Waals surface area contributed by atoms with Crippen LogP contribution in [0.2, 0.25) is 10.4 Å². The number of aromatic nitrogens is 2. The normalized spacial score (nSPS) is 17.7. The van der Waals surface area contributed by atoms with Crippen LogP contribution in [0.1, 0.15) is 12.8 Å². The van der Waals surface area contributed by atoms with E-state index in [0.29, 0.717) is 11.2 Å². The lowest BCUT2D eigenvalue weighted by atomic mass is 10.1. The number of hydrogen-bond acceptors (Lipinski definition) is 4. The average molecular weight is 264 g/mol. The molecule has 1 aliphatic heterocycles. The molecule has 0 amide bonds. The standard InChI is InChI=1S/C9H11Cl2N3S/c10-8-7(5-12-9(11)14-8)13-6-1-3-15-4-2-6/h5-6,13H,1-4H2. The Morgan fingerprint density at radius 2 is 2.07 bits per heavy atom. The van der Waals surface area contributed by atoms with E-state index < -0.39 is 0 Å². The fourth-order valence-electron chi connectivity index (χ4n) is 1.50. The molecule has 0 spiro atoms. The molecule has 1 N–H and O–H groups in total. The van der Waals surface area contributed by atoms with Crippen LogP contribution in [0.5, 0.6) is 0 Å². The molecule has 15 heavy (non-hydrogen) atoms. The summed E-state index contributed by atoms with van der Waals surface area (Å²) in [5.41, 5.74) is 0.776. The van der Waals surface area contributed by atoms with Crippen LogP contribution in [0.25, 0.3) is 0 Å². The molecule has 1 saturated heterocycles. The molecular formula is C9H11Cl2N3S. The lowest BCUT2D eigenvalue weighted by Crippen LogP contribution is -2.24. The summed E-state index contributed by atoms with van der Waals surface area (Å²) in [5.74, 6) is 2.40. The van der Waals surface area contributed by atoms with Gasteiger partial charge in [-0.1, -0.05) is 11.6 Å². The van der Waals surface area contributed by atoms with Crippen LogP contribution in [-0.2, 0) is 0 Å². The van der Waals surface area contributed by atoms with Crippen LogP contribution in [0.15, 0.2) is 6.20 Å². The first-order chi connectivity index (χ1) is 7.25. The van der Waals surface area contributed by atoms with Crippen LogP contribution in [-0.4, -0.2) is 27.5 Å². The van der Waals surface area contributed by atoms with Gasteiger partial charge in [0.15, 0.2) is 5.15 Å². The zero-order valence-corrected chi connectivity index (χ0v) is 10.4. The lowest BCUT2D eigenvalue weighted by molar-refractivity contribution is 0.666. The van der Waals surface area contributed by atoms with E-state index in [2.05, 4.69) is 15.3 Å². The first-order valence-electron chi connectivity index (χ1n) is 4.78. The zero-order chi connectivity index (χ0) is 10.7. The summed E-state index contributed by atoms with van der Waals surface area (Å²) in [6.07, 6.45) is 3.95. The second-order valence-electron chi connectivity index (χ2n) is 3.37. The van der Waals surface area contributed by atoms with Gasteiger partial charge in [0.2, 0.25) is 5.28 Å². The van der Waals surface area contributed by atoms with Crippen LogP contribution in [0, 0.1) is 0 Å². The molecule has 0 aliphatic carbocycles. The second-order valence-corrected chi connectivity index (χ2v) is 5.30. The SMILES string of the molecule is Clc1ncc(NC2CCSCC2)c(Cl)n1. The van der Waals surface area contributed by atoms with Crippen molar-refractivity contribution in [2.24, 2.45) is 0 Å². The number of anilines is 1. The Balaban J connectivity index is 2.03. The summed E-state index contributed by atoms with van der Waals surface area (Å²) in [7, 11) is 0. The van der Waals surface area contributed by atoms with E-state index in [-0.39, 0.29) is 5.28 Å². The zero-order valence-electron chi connectivity index (χ0n) is 8.04. The van der Waals surface area contributed by atoms with Gasteiger partial charge >= 0.3 is 0 Å². The van der Waals surface area contributed by atoms with Crippen molar-refractivity contribution in [3.63, 3.8) is 0 Å². The van der Waals surface area contributed by atoms with E-state index in [1.54, 1.807) is 6.20 Å². The van der Waals surface area contributed by atoms with E-state index in [4.69, 9.17) is 23.2 Å². The van der Waals surface area contributed by atoms with E-state index >= 15 is 0 Å². The maximum absolute atomic E-state index is 5.95.